The van der Waals surface area contributed by atoms with Gasteiger partial charge in [0.15, 0.2) is 11.5 Å². The van der Waals surface area contributed by atoms with Gasteiger partial charge in [-0.15, -0.1) is 0 Å². The molecule has 0 aliphatic rings. The fraction of sp³-hybridized carbons (Fsp3) is 0.278. The summed E-state index contributed by atoms with van der Waals surface area (Å²) in [5.74, 6) is -0.00411. The molecule has 0 saturated carbocycles. The molecule has 0 spiro atoms. The van der Waals surface area contributed by atoms with Crippen molar-refractivity contribution in [2.45, 2.75) is 19.8 Å². The molecule has 0 radical (unpaired) electrons. The molecule has 0 aliphatic heterocycles. The summed E-state index contributed by atoms with van der Waals surface area (Å²) >= 11 is 5.82. The number of carbonyl (C=O) groups excluding carboxylic acids is 1. The number of anilines is 1. The van der Waals surface area contributed by atoms with Crippen molar-refractivity contribution in [1.29, 1.82) is 0 Å². The van der Waals surface area contributed by atoms with E-state index in [9.17, 15) is 9.18 Å². The van der Waals surface area contributed by atoms with E-state index in [-0.39, 0.29) is 5.69 Å². The quantitative estimate of drug-likeness (QED) is 0.720. The molecule has 0 saturated heterocycles. The second kappa shape index (κ2) is 8.55. The van der Waals surface area contributed by atoms with Gasteiger partial charge in [0.1, 0.15) is 5.82 Å². The van der Waals surface area contributed by atoms with Crippen LogP contribution in [0.1, 0.15) is 30.1 Å². The zero-order chi connectivity index (χ0) is 17.5. The van der Waals surface area contributed by atoms with Crippen molar-refractivity contribution >= 4 is 23.2 Å². The molecule has 2 rings (SSSR count). The Morgan fingerprint density at radius 1 is 1.21 bits per heavy atom. The van der Waals surface area contributed by atoms with E-state index in [4.69, 9.17) is 21.1 Å². The van der Waals surface area contributed by atoms with Crippen LogP contribution in [0.15, 0.2) is 36.4 Å². The number of amides is 1. The van der Waals surface area contributed by atoms with Gasteiger partial charge in [-0.3, -0.25) is 4.79 Å². The Kier molecular flexibility index (Phi) is 6.44. The number of benzene rings is 2. The fourth-order valence-electron chi connectivity index (χ4n) is 2.04. The standard InChI is InChI=1S/C18H19ClFNO3/c1-3-4-9-24-16-8-5-12(10-17(16)23-2)18(22)21-15-11-13(19)6-7-14(15)20/h5-8,10-11H,3-4,9H2,1-2H3,(H,21,22). The van der Waals surface area contributed by atoms with Crippen LogP contribution in [0.3, 0.4) is 0 Å². The Bertz CT molecular complexity index is 721. The molecule has 0 atom stereocenters. The van der Waals surface area contributed by atoms with Crippen LogP contribution in [0.4, 0.5) is 10.1 Å². The predicted molar refractivity (Wildman–Crippen MR) is 92.8 cm³/mol. The van der Waals surface area contributed by atoms with E-state index in [2.05, 4.69) is 12.2 Å². The van der Waals surface area contributed by atoms with Crippen LogP contribution in [-0.2, 0) is 0 Å². The predicted octanol–water partition coefficient (Wildman–Crippen LogP) is 4.92. The smallest absolute Gasteiger partial charge is 0.255 e. The maximum absolute atomic E-state index is 13.7. The van der Waals surface area contributed by atoms with Crippen LogP contribution >= 0.6 is 11.6 Å². The number of hydrogen-bond donors (Lipinski definition) is 1. The molecule has 1 amide bonds. The molecule has 1 N–H and O–H groups in total. The average Bonchev–Trinajstić information content (AvgIpc) is 2.58. The molecule has 2 aromatic rings. The number of ether oxygens (including phenoxy) is 2. The lowest BCUT2D eigenvalue weighted by atomic mass is 10.1. The zero-order valence-corrected chi connectivity index (χ0v) is 14.3. The van der Waals surface area contributed by atoms with Crippen molar-refractivity contribution in [2.75, 3.05) is 19.0 Å². The highest BCUT2D eigenvalue weighted by Gasteiger charge is 2.13. The number of nitrogens with one attached hydrogen (secondary N) is 1. The third-order valence-electron chi connectivity index (χ3n) is 3.36. The first-order chi connectivity index (χ1) is 11.5. The maximum atomic E-state index is 13.7. The summed E-state index contributed by atoms with van der Waals surface area (Å²) in [5.41, 5.74) is 0.351. The topological polar surface area (TPSA) is 47.6 Å². The van der Waals surface area contributed by atoms with Gasteiger partial charge in [0.25, 0.3) is 5.91 Å². The monoisotopic (exact) mass is 351 g/mol. The number of rotatable bonds is 7. The summed E-state index contributed by atoms with van der Waals surface area (Å²) in [6.45, 7) is 2.65. The van der Waals surface area contributed by atoms with E-state index in [0.29, 0.717) is 28.7 Å². The Morgan fingerprint density at radius 2 is 2.00 bits per heavy atom. The van der Waals surface area contributed by atoms with Crippen LogP contribution in [0.2, 0.25) is 5.02 Å². The van der Waals surface area contributed by atoms with Crippen LogP contribution in [-0.4, -0.2) is 19.6 Å². The molecule has 0 fully saturated rings. The largest absolute Gasteiger partial charge is 0.493 e. The summed E-state index contributed by atoms with van der Waals surface area (Å²) in [7, 11) is 1.50. The minimum Gasteiger partial charge on any atom is -0.493 e. The third-order valence-corrected chi connectivity index (χ3v) is 3.59. The lowest BCUT2D eigenvalue weighted by molar-refractivity contribution is 0.102. The van der Waals surface area contributed by atoms with Crippen molar-refractivity contribution < 1.29 is 18.7 Å². The van der Waals surface area contributed by atoms with E-state index in [1.165, 1.54) is 25.3 Å². The molecule has 0 aromatic heterocycles. The molecule has 0 unspecified atom stereocenters. The SMILES string of the molecule is CCCCOc1ccc(C(=O)Nc2cc(Cl)ccc2F)cc1OC. The van der Waals surface area contributed by atoms with Crippen LogP contribution in [0.5, 0.6) is 11.5 Å². The van der Waals surface area contributed by atoms with Crippen LogP contribution < -0.4 is 14.8 Å². The van der Waals surface area contributed by atoms with Gasteiger partial charge in [0.2, 0.25) is 0 Å². The molecule has 4 nitrogen and oxygen atoms in total. The van der Waals surface area contributed by atoms with E-state index in [1.54, 1.807) is 18.2 Å². The number of carbonyl (C=O) groups is 1. The second-order valence-corrected chi connectivity index (χ2v) is 5.58. The zero-order valence-electron chi connectivity index (χ0n) is 13.6. The first kappa shape index (κ1) is 18.1. The van der Waals surface area contributed by atoms with Gasteiger partial charge in [-0.05, 0) is 42.8 Å². The summed E-state index contributed by atoms with van der Waals surface area (Å²) in [6.07, 6.45) is 1.95. The summed E-state index contributed by atoms with van der Waals surface area (Å²) in [4.78, 5) is 12.3. The van der Waals surface area contributed by atoms with E-state index >= 15 is 0 Å². The van der Waals surface area contributed by atoms with Gasteiger partial charge in [-0.1, -0.05) is 24.9 Å². The molecular formula is C18H19ClFNO3. The lowest BCUT2D eigenvalue weighted by Gasteiger charge is -2.12. The van der Waals surface area contributed by atoms with Gasteiger partial charge in [0.05, 0.1) is 19.4 Å². The highest BCUT2D eigenvalue weighted by Crippen LogP contribution is 2.29. The van der Waals surface area contributed by atoms with E-state index < -0.39 is 11.7 Å². The van der Waals surface area contributed by atoms with Crippen molar-refractivity contribution in [2.24, 2.45) is 0 Å². The van der Waals surface area contributed by atoms with Crippen molar-refractivity contribution in [1.82, 2.24) is 0 Å². The van der Waals surface area contributed by atoms with Crippen molar-refractivity contribution in [3.63, 3.8) is 0 Å². The first-order valence-electron chi connectivity index (χ1n) is 7.62. The molecule has 0 aliphatic carbocycles. The van der Waals surface area contributed by atoms with E-state index in [0.717, 1.165) is 12.8 Å². The van der Waals surface area contributed by atoms with Crippen LogP contribution in [0, 0.1) is 5.82 Å². The lowest BCUT2D eigenvalue weighted by Crippen LogP contribution is -2.13. The van der Waals surface area contributed by atoms with Gasteiger partial charge in [-0.2, -0.15) is 0 Å². The Hall–Kier alpha value is -2.27. The number of methoxy groups -OCH3 is 1. The third kappa shape index (κ3) is 4.61. The minimum atomic E-state index is -0.556. The molecule has 6 heteroatoms. The van der Waals surface area contributed by atoms with Gasteiger partial charge < -0.3 is 14.8 Å². The second-order valence-electron chi connectivity index (χ2n) is 5.15. The Morgan fingerprint density at radius 3 is 2.71 bits per heavy atom. The summed E-state index contributed by atoms with van der Waals surface area (Å²) in [5, 5.41) is 2.83. The maximum Gasteiger partial charge on any atom is 0.255 e. The van der Waals surface area contributed by atoms with Crippen molar-refractivity contribution in [3.05, 3.63) is 52.8 Å². The fourth-order valence-corrected chi connectivity index (χ4v) is 2.21. The number of unbranched alkanes of at least 4 members (excludes halogenated alkanes) is 1. The molecular weight excluding hydrogens is 333 g/mol. The normalized spacial score (nSPS) is 10.3. The van der Waals surface area contributed by atoms with Crippen LogP contribution in [0.25, 0.3) is 0 Å². The molecule has 0 heterocycles. The summed E-state index contributed by atoms with van der Waals surface area (Å²) < 4.78 is 24.6. The Balaban J connectivity index is 2.16. The minimum absolute atomic E-state index is 0.0229. The van der Waals surface area contributed by atoms with Gasteiger partial charge in [-0.25, -0.2) is 4.39 Å². The summed E-state index contributed by atoms with van der Waals surface area (Å²) in [6, 6.07) is 8.79. The highest BCUT2D eigenvalue weighted by molar-refractivity contribution is 6.31. The molecule has 2 aromatic carbocycles. The molecule has 128 valence electrons. The van der Waals surface area contributed by atoms with Gasteiger partial charge in [0, 0.05) is 10.6 Å². The highest BCUT2D eigenvalue weighted by atomic mass is 35.5. The molecule has 0 bridgehead atoms. The van der Waals surface area contributed by atoms with E-state index in [1.807, 2.05) is 0 Å². The average molecular weight is 352 g/mol. The Labute approximate surface area is 145 Å². The number of hydrogen-bond acceptors (Lipinski definition) is 3. The molecule has 24 heavy (non-hydrogen) atoms. The number of halogens is 2. The van der Waals surface area contributed by atoms with Crippen molar-refractivity contribution in [3.8, 4) is 11.5 Å². The van der Waals surface area contributed by atoms with Gasteiger partial charge >= 0.3 is 0 Å². The first-order valence-corrected chi connectivity index (χ1v) is 8.00.